The predicted molar refractivity (Wildman–Crippen MR) is 52.5 cm³/mol. The summed E-state index contributed by atoms with van der Waals surface area (Å²) in [5.41, 5.74) is 1.29. The van der Waals surface area contributed by atoms with E-state index >= 15 is 0 Å². The van der Waals surface area contributed by atoms with Gasteiger partial charge in [-0.3, -0.25) is 0 Å². The van der Waals surface area contributed by atoms with Gasteiger partial charge >= 0.3 is 0 Å². The third-order valence-electron chi connectivity index (χ3n) is 1.84. The zero-order valence-electron chi connectivity index (χ0n) is 7.64. The molecule has 0 rings (SSSR count). The van der Waals surface area contributed by atoms with Gasteiger partial charge in [-0.15, -0.1) is 0 Å². The standard InChI is InChI=1S/C11H18/c1-5-8-10(4)11(7-3)9-6-2/h6-7,9-10H,2-3,5,8H2,1,4H3/b11-9+/t10-/m0/s1. The van der Waals surface area contributed by atoms with Gasteiger partial charge in [-0.25, -0.2) is 0 Å². The van der Waals surface area contributed by atoms with Crippen LogP contribution in [-0.4, -0.2) is 0 Å². The lowest BCUT2D eigenvalue weighted by molar-refractivity contribution is 0.613. The summed E-state index contributed by atoms with van der Waals surface area (Å²) in [5.74, 6) is 0.621. The molecule has 0 aromatic carbocycles. The highest BCUT2D eigenvalue weighted by Gasteiger charge is 2.01. The van der Waals surface area contributed by atoms with Crippen molar-refractivity contribution in [3.63, 3.8) is 0 Å². The van der Waals surface area contributed by atoms with E-state index in [1.54, 1.807) is 0 Å². The molecule has 0 aliphatic heterocycles. The number of rotatable bonds is 5. The average Bonchev–Trinajstić information content (AvgIpc) is 2.00. The van der Waals surface area contributed by atoms with Gasteiger partial charge in [-0.2, -0.15) is 0 Å². The zero-order valence-corrected chi connectivity index (χ0v) is 7.64. The van der Waals surface area contributed by atoms with Crippen LogP contribution in [0.15, 0.2) is 37.0 Å². The minimum atomic E-state index is 0.621. The summed E-state index contributed by atoms with van der Waals surface area (Å²) in [5, 5.41) is 0. The van der Waals surface area contributed by atoms with Gasteiger partial charge in [0.1, 0.15) is 0 Å². The largest absolute Gasteiger partial charge is 0.0991 e. The van der Waals surface area contributed by atoms with E-state index in [9.17, 15) is 0 Å². The first-order chi connectivity index (χ1) is 5.26. The Morgan fingerprint density at radius 2 is 2.09 bits per heavy atom. The van der Waals surface area contributed by atoms with Gasteiger partial charge in [-0.05, 0) is 17.9 Å². The molecule has 62 valence electrons. The lowest BCUT2D eigenvalue weighted by Gasteiger charge is -2.09. The summed E-state index contributed by atoms with van der Waals surface area (Å²) in [7, 11) is 0. The third kappa shape index (κ3) is 3.82. The van der Waals surface area contributed by atoms with Crippen LogP contribution >= 0.6 is 0 Å². The van der Waals surface area contributed by atoms with Crippen molar-refractivity contribution in [2.45, 2.75) is 26.7 Å². The van der Waals surface area contributed by atoms with Crippen LogP contribution in [0.3, 0.4) is 0 Å². The Labute approximate surface area is 70.3 Å². The van der Waals surface area contributed by atoms with Crippen molar-refractivity contribution in [1.29, 1.82) is 0 Å². The molecule has 0 saturated heterocycles. The van der Waals surface area contributed by atoms with Crippen LogP contribution in [0, 0.1) is 5.92 Å². The number of hydrogen-bond acceptors (Lipinski definition) is 0. The van der Waals surface area contributed by atoms with E-state index in [0.29, 0.717) is 5.92 Å². The average molecular weight is 150 g/mol. The van der Waals surface area contributed by atoms with Crippen LogP contribution in [0.1, 0.15) is 26.7 Å². The fourth-order valence-electron chi connectivity index (χ4n) is 1.17. The van der Waals surface area contributed by atoms with Crippen molar-refractivity contribution < 1.29 is 0 Å². The first-order valence-electron chi connectivity index (χ1n) is 4.21. The summed E-state index contributed by atoms with van der Waals surface area (Å²) in [4.78, 5) is 0. The van der Waals surface area contributed by atoms with Gasteiger partial charge in [0.2, 0.25) is 0 Å². The van der Waals surface area contributed by atoms with Crippen molar-refractivity contribution >= 4 is 0 Å². The summed E-state index contributed by atoms with van der Waals surface area (Å²) in [6.45, 7) is 11.9. The molecule has 0 saturated carbocycles. The molecule has 1 atom stereocenters. The van der Waals surface area contributed by atoms with Crippen molar-refractivity contribution in [1.82, 2.24) is 0 Å². The first-order valence-corrected chi connectivity index (χ1v) is 4.21. The van der Waals surface area contributed by atoms with Crippen molar-refractivity contribution in [3.05, 3.63) is 37.0 Å². The molecule has 0 aromatic heterocycles. The van der Waals surface area contributed by atoms with Crippen molar-refractivity contribution in [3.8, 4) is 0 Å². The molecule has 0 radical (unpaired) electrons. The highest BCUT2D eigenvalue weighted by molar-refractivity contribution is 5.23. The second-order valence-corrected chi connectivity index (χ2v) is 2.80. The topological polar surface area (TPSA) is 0 Å². The molecule has 0 fully saturated rings. The van der Waals surface area contributed by atoms with Crippen LogP contribution in [0.25, 0.3) is 0 Å². The van der Waals surface area contributed by atoms with E-state index in [1.165, 1.54) is 18.4 Å². The highest BCUT2D eigenvalue weighted by atomic mass is 14.1. The second kappa shape index (κ2) is 5.96. The molecular formula is C11H18. The van der Waals surface area contributed by atoms with Crippen LogP contribution in [0.5, 0.6) is 0 Å². The Bertz CT molecular complexity index is 151. The molecule has 0 spiro atoms. The van der Waals surface area contributed by atoms with Gasteiger partial charge in [0.05, 0.1) is 0 Å². The summed E-state index contributed by atoms with van der Waals surface area (Å²) in [6.07, 6.45) is 8.23. The van der Waals surface area contributed by atoms with E-state index in [-0.39, 0.29) is 0 Å². The monoisotopic (exact) mass is 150 g/mol. The maximum atomic E-state index is 3.77. The van der Waals surface area contributed by atoms with E-state index in [0.717, 1.165) is 0 Å². The SMILES string of the molecule is C=C/C=C(\C=C)[C@@H](C)CCC. The lowest BCUT2D eigenvalue weighted by Crippen LogP contribution is -1.95. The van der Waals surface area contributed by atoms with Gasteiger partial charge in [-0.1, -0.05) is 51.7 Å². The smallest absolute Gasteiger partial charge is 0.0191 e. The Morgan fingerprint density at radius 1 is 1.45 bits per heavy atom. The number of allylic oxidation sites excluding steroid dienone is 4. The number of hydrogen-bond donors (Lipinski definition) is 0. The molecule has 0 N–H and O–H groups in total. The van der Waals surface area contributed by atoms with Crippen molar-refractivity contribution in [2.75, 3.05) is 0 Å². The first kappa shape index (κ1) is 10.2. The van der Waals surface area contributed by atoms with Gasteiger partial charge in [0, 0.05) is 0 Å². The molecule has 0 nitrogen and oxygen atoms in total. The quantitative estimate of drug-likeness (QED) is 0.524. The summed E-state index contributed by atoms with van der Waals surface area (Å²) >= 11 is 0. The van der Waals surface area contributed by atoms with Gasteiger partial charge in [0.15, 0.2) is 0 Å². The molecule has 0 unspecified atom stereocenters. The Kier molecular flexibility index (Phi) is 5.54. The normalized spacial score (nSPS) is 14.2. The molecule has 0 bridgehead atoms. The fraction of sp³-hybridized carbons (Fsp3) is 0.455. The minimum Gasteiger partial charge on any atom is -0.0991 e. The highest BCUT2D eigenvalue weighted by Crippen LogP contribution is 2.16. The molecule has 0 aromatic rings. The van der Waals surface area contributed by atoms with Crippen LogP contribution in [-0.2, 0) is 0 Å². The third-order valence-corrected chi connectivity index (χ3v) is 1.84. The predicted octanol–water partition coefficient (Wildman–Crippen LogP) is 3.72. The summed E-state index contributed by atoms with van der Waals surface area (Å²) in [6, 6.07) is 0. The Morgan fingerprint density at radius 3 is 2.45 bits per heavy atom. The van der Waals surface area contributed by atoms with Crippen molar-refractivity contribution in [2.24, 2.45) is 5.92 Å². The van der Waals surface area contributed by atoms with Gasteiger partial charge < -0.3 is 0 Å². The van der Waals surface area contributed by atoms with Crippen LogP contribution in [0.2, 0.25) is 0 Å². The van der Waals surface area contributed by atoms with Crippen LogP contribution in [0.4, 0.5) is 0 Å². The molecule has 11 heavy (non-hydrogen) atoms. The minimum absolute atomic E-state index is 0.621. The molecule has 0 aliphatic rings. The van der Waals surface area contributed by atoms with E-state index in [4.69, 9.17) is 0 Å². The van der Waals surface area contributed by atoms with E-state index < -0.39 is 0 Å². The van der Waals surface area contributed by atoms with E-state index in [2.05, 4.69) is 27.0 Å². The fourth-order valence-corrected chi connectivity index (χ4v) is 1.17. The Hall–Kier alpha value is -0.780. The molecule has 0 aliphatic carbocycles. The van der Waals surface area contributed by atoms with Crippen LogP contribution < -0.4 is 0 Å². The zero-order chi connectivity index (χ0) is 8.69. The maximum absolute atomic E-state index is 3.77. The van der Waals surface area contributed by atoms with Gasteiger partial charge in [0.25, 0.3) is 0 Å². The maximum Gasteiger partial charge on any atom is -0.0191 e. The molecule has 0 amide bonds. The Balaban J connectivity index is 4.12. The molecular weight excluding hydrogens is 132 g/mol. The molecule has 0 heterocycles. The second-order valence-electron chi connectivity index (χ2n) is 2.80. The lowest BCUT2D eigenvalue weighted by atomic mass is 9.96. The summed E-state index contributed by atoms with van der Waals surface area (Å²) < 4.78 is 0. The molecule has 0 heteroatoms. The van der Waals surface area contributed by atoms with E-state index in [1.807, 2.05) is 18.2 Å².